The molecule has 2 heterocycles. The molecule has 1 fully saturated rings. The SMILES string of the molecule is CC(C)COc1ccc(C(=O)Nc2nc(-c3ccc(S(=O)(=O)N4CCOCC4)cc3)cs2)cc1. The van der Waals surface area contributed by atoms with Crippen LogP contribution in [0.15, 0.2) is 58.8 Å². The maximum absolute atomic E-state index is 12.8. The van der Waals surface area contributed by atoms with E-state index < -0.39 is 10.0 Å². The van der Waals surface area contributed by atoms with Crippen LogP contribution in [-0.4, -0.2) is 56.5 Å². The first-order chi connectivity index (χ1) is 16.3. The molecule has 1 saturated heterocycles. The van der Waals surface area contributed by atoms with Gasteiger partial charge in [-0.15, -0.1) is 11.3 Å². The maximum Gasteiger partial charge on any atom is 0.257 e. The van der Waals surface area contributed by atoms with Crippen LogP contribution in [0, 0.1) is 5.92 Å². The van der Waals surface area contributed by atoms with Gasteiger partial charge < -0.3 is 9.47 Å². The van der Waals surface area contributed by atoms with Gasteiger partial charge in [0.05, 0.1) is 30.4 Å². The molecule has 0 radical (unpaired) electrons. The van der Waals surface area contributed by atoms with Crippen LogP contribution >= 0.6 is 11.3 Å². The summed E-state index contributed by atoms with van der Waals surface area (Å²) in [6.07, 6.45) is 0. The summed E-state index contributed by atoms with van der Waals surface area (Å²) in [6.45, 7) is 6.28. The summed E-state index contributed by atoms with van der Waals surface area (Å²) in [4.78, 5) is 17.3. The van der Waals surface area contributed by atoms with Crippen molar-refractivity contribution in [3.05, 3.63) is 59.5 Å². The topological polar surface area (TPSA) is 97.8 Å². The monoisotopic (exact) mass is 501 g/mol. The van der Waals surface area contributed by atoms with Crippen molar-refractivity contribution in [2.24, 2.45) is 5.92 Å². The number of anilines is 1. The van der Waals surface area contributed by atoms with Crippen molar-refractivity contribution in [3.63, 3.8) is 0 Å². The minimum absolute atomic E-state index is 0.239. The minimum Gasteiger partial charge on any atom is -0.493 e. The summed E-state index contributed by atoms with van der Waals surface area (Å²) in [7, 11) is -3.54. The molecule has 180 valence electrons. The van der Waals surface area contributed by atoms with Gasteiger partial charge in [0.15, 0.2) is 5.13 Å². The summed E-state index contributed by atoms with van der Waals surface area (Å²) >= 11 is 1.31. The molecule has 3 aromatic rings. The highest BCUT2D eigenvalue weighted by Gasteiger charge is 2.26. The molecule has 0 atom stereocenters. The van der Waals surface area contributed by atoms with Crippen molar-refractivity contribution < 1.29 is 22.7 Å². The number of nitrogens with one attached hydrogen (secondary N) is 1. The van der Waals surface area contributed by atoms with E-state index in [1.165, 1.54) is 15.6 Å². The number of carbonyl (C=O) groups excluding carboxylic acids is 1. The summed E-state index contributed by atoms with van der Waals surface area (Å²) < 4.78 is 37.9. The Morgan fingerprint density at radius 3 is 2.44 bits per heavy atom. The summed E-state index contributed by atoms with van der Waals surface area (Å²) in [5.74, 6) is 0.886. The number of amides is 1. The lowest BCUT2D eigenvalue weighted by atomic mass is 10.2. The number of rotatable bonds is 8. The van der Waals surface area contributed by atoms with Gasteiger partial charge in [0.25, 0.3) is 5.91 Å². The highest BCUT2D eigenvalue weighted by atomic mass is 32.2. The Kier molecular flexibility index (Phi) is 7.62. The van der Waals surface area contributed by atoms with Crippen molar-refractivity contribution in [2.45, 2.75) is 18.7 Å². The fourth-order valence-electron chi connectivity index (χ4n) is 3.33. The molecular weight excluding hydrogens is 474 g/mol. The average Bonchev–Trinajstić information content (AvgIpc) is 3.32. The van der Waals surface area contributed by atoms with Crippen LogP contribution in [-0.2, 0) is 14.8 Å². The number of sulfonamides is 1. The van der Waals surface area contributed by atoms with Gasteiger partial charge in [-0.25, -0.2) is 13.4 Å². The molecule has 1 amide bonds. The van der Waals surface area contributed by atoms with Crippen LogP contribution in [0.3, 0.4) is 0 Å². The quantitative estimate of drug-likeness (QED) is 0.499. The second-order valence-corrected chi connectivity index (χ2v) is 11.1. The predicted molar refractivity (Wildman–Crippen MR) is 132 cm³/mol. The van der Waals surface area contributed by atoms with Gasteiger partial charge in [-0.05, 0) is 42.3 Å². The van der Waals surface area contributed by atoms with Gasteiger partial charge in [0, 0.05) is 29.6 Å². The lowest BCUT2D eigenvalue weighted by Crippen LogP contribution is -2.40. The van der Waals surface area contributed by atoms with E-state index in [0.29, 0.717) is 55.2 Å². The Labute approximate surface area is 203 Å². The molecule has 1 aliphatic rings. The third kappa shape index (κ3) is 5.82. The zero-order valence-corrected chi connectivity index (χ0v) is 20.7. The third-order valence-corrected chi connectivity index (χ3v) is 7.85. The fourth-order valence-corrected chi connectivity index (χ4v) is 5.45. The van der Waals surface area contributed by atoms with Gasteiger partial charge in [0.1, 0.15) is 5.75 Å². The molecule has 4 rings (SSSR count). The lowest BCUT2D eigenvalue weighted by Gasteiger charge is -2.26. The Morgan fingerprint density at radius 2 is 1.79 bits per heavy atom. The molecule has 0 aliphatic carbocycles. The number of ether oxygens (including phenoxy) is 2. The molecule has 0 bridgehead atoms. The first-order valence-electron chi connectivity index (χ1n) is 11.0. The largest absolute Gasteiger partial charge is 0.493 e. The second kappa shape index (κ2) is 10.6. The predicted octanol–water partition coefficient (Wildman–Crippen LogP) is 4.12. The number of thiazole rings is 1. The molecule has 8 nitrogen and oxygen atoms in total. The van der Waals surface area contributed by atoms with Crippen LogP contribution in [0.25, 0.3) is 11.3 Å². The highest BCUT2D eigenvalue weighted by Crippen LogP contribution is 2.27. The summed E-state index contributed by atoms with van der Waals surface area (Å²) in [5, 5.41) is 5.10. The van der Waals surface area contributed by atoms with Crippen LogP contribution in [0.2, 0.25) is 0 Å². The molecule has 1 aliphatic heterocycles. The Morgan fingerprint density at radius 1 is 1.12 bits per heavy atom. The number of morpholine rings is 1. The Hall–Kier alpha value is -2.79. The Bertz CT molecular complexity index is 1220. The fraction of sp³-hybridized carbons (Fsp3) is 0.333. The number of hydrogen-bond acceptors (Lipinski definition) is 7. The summed E-state index contributed by atoms with van der Waals surface area (Å²) in [5.41, 5.74) is 1.93. The number of nitrogens with zero attached hydrogens (tertiary/aromatic N) is 2. The first kappa shape index (κ1) is 24.3. The van der Waals surface area contributed by atoms with Crippen LogP contribution in [0.4, 0.5) is 5.13 Å². The van der Waals surface area contributed by atoms with Crippen LogP contribution in [0.1, 0.15) is 24.2 Å². The minimum atomic E-state index is -3.54. The van der Waals surface area contributed by atoms with Gasteiger partial charge in [-0.1, -0.05) is 26.0 Å². The van der Waals surface area contributed by atoms with E-state index in [9.17, 15) is 13.2 Å². The van der Waals surface area contributed by atoms with Crippen molar-refractivity contribution in [3.8, 4) is 17.0 Å². The molecule has 34 heavy (non-hydrogen) atoms. The zero-order valence-electron chi connectivity index (χ0n) is 19.1. The first-order valence-corrected chi connectivity index (χ1v) is 13.3. The molecule has 0 unspecified atom stereocenters. The third-order valence-electron chi connectivity index (χ3n) is 5.18. The summed E-state index contributed by atoms with van der Waals surface area (Å²) in [6, 6.07) is 13.6. The van der Waals surface area contributed by atoms with E-state index >= 15 is 0 Å². The Balaban J connectivity index is 1.39. The zero-order chi connectivity index (χ0) is 24.1. The van der Waals surface area contributed by atoms with Crippen LogP contribution in [0.5, 0.6) is 5.75 Å². The molecule has 0 saturated carbocycles. The number of aromatic nitrogens is 1. The molecule has 1 aromatic heterocycles. The normalized spacial score (nSPS) is 14.8. The van der Waals surface area contributed by atoms with Crippen LogP contribution < -0.4 is 10.1 Å². The van der Waals surface area contributed by atoms with E-state index in [4.69, 9.17) is 9.47 Å². The van der Waals surface area contributed by atoms with Crippen molar-refractivity contribution in [1.82, 2.24) is 9.29 Å². The van der Waals surface area contributed by atoms with Crippen molar-refractivity contribution >= 4 is 32.4 Å². The highest BCUT2D eigenvalue weighted by molar-refractivity contribution is 7.89. The van der Waals surface area contributed by atoms with Gasteiger partial charge >= 0.3 is 0 Å². The maximum atomic E-state index is 12.8. The lowest BCUT2D eigenvalue weighted by molar-refractivity contribution is 0.0730. The second-order valence-electron chi connectivity index (χ2n) is 8.26. The number of hydrogen-bond donors (Lipinski definition) is 1. The van der Waals surface area contributed by atoms with Crippen molar-refractivity contribution in [1.29, 1.82) is 0 Å². The van der Waals surface area contributed by atoms with Gasteiger partial charge in [-0.3, -0.25) is 10.1 Å². The molecule has 0 spiro atoms. The molecular formula is C24H27N3O5S2. The van der Waals surface area contributed by atoms with E-state index in [1.54, 1.807) is 48.5 Å². The number of benzene rings is 2. The van der Waals surface area contributed by atoms with E-state index in [1.807, 2.05) is 5.38 Å². The van der Waals surface area contributed by atoms with E-state index in [2.05, 4.69) is 24.1 Å². The van der Waals surface area contributed by atoms with E-state index in [0.717, 1.165) is 11.3 Å². The van der Waals surface area contributed by atoms with Gasteiger partial charge in [-0.2, -0.15) is 4.31 Å². The van der Waals surface area contributed by atoms with Gasteiger partial charge in [0.2, 0.25) is 10.0 Å². The number of carbonyl (C=O) groups is 1. The molecule has 1 N–H and O–H groups in total. The molecule has 10 heteroatoms. The van der Waals surface area contributed by atoms with Crippen molar-refractivity contribution in [2.75, 3.05) is 38.2 Å². The smallest absolute Gasteiger partial charge is 0.257 e. The standard InChI is InChI=1S/C24H27N3O5S2/c1-17(2)15-32-20-7-3-19(4-8-20)23(28)26-24-25-22(16-33-24)18-5-9-21(10-6-18)34(29,30)27-11-13-31-14-12-27/h3-10,16-17H,11-15H2,1-2H3,(H,25,26,28). The molecule has 2 aromatic carbocycles. The average molecular weight is 502 g/mol. The van der Waals surface area contributed by atoms with E-state index in [-0.39, 0.29) is 10.8 Å².